The zero-order valence-corrected chi connectivity index (χ0v) is 16.5. The number of hydrogen-bond donors (Lipinski definition) is 1. The third-order valence-electron chi connectivity index (χ3n) is 5.56. The van der Waals surface area contributed by atoms with Crippen molar-refractivity contribution in [1.82, 2.24) is 9.80 Å². The van der Waals surface area contributed by atoms with E-state index in [1.165, 1.54) is 5.56 Å². The molecule has 1 N–H and O–H groups in total. The quantitative estimate of drug-likeness (QED) is 0.859. The number of hydrogen-bond acceptors (Lipinski definition) is 3. The fourth-order valence-corrected chi connectivity index (χ4v) is 3.51. The number of benzene rings is 1. The minimum absolute atomic E-state index is 0.254. The van der Waals surface area contributed by atoms with Gasteiger partial charge in [0, 0.05) is 26.1 Å². The van der Waals surface area contributed by atoms with Crippen molar-refractivity contribution in [1.29, 1.82) is 0 Å². The summed E-state index contributed by atoms with van der Waals surface area (Å²) in [5.74, 6) is 0.728. The highest BCUT2D eigenvalue weighted by atomic mass is 16.3. The number of aliphatic hydroxyl groups excluding tert-OH is 1. The molecule has 0 unspecified atom stereocenters. The second-order valence-corrected chi connectivity index (χ2v) is 7.92. The van der Waals surface area contributed by atoms with Crippen LogP contribution in [0.25, 0.3) is 0 Å². The summed E-state index contributed by atoms with van der Waals surface area (Å²) in [6.07, 6.45) is 2.29. The summed E-state index contributed by atoms with van der Waals surface area (Å²) in [6, 6.07) is 6.52. The van der Waals surface area contributed by atoms with E-state index in [4.69, 9.17) is 0 Å². The average molecular weight is 347 g/mol. The Morgan fingerprint density at radius 3 is 2.52 bits per heavy atom. The number of amides is 1. The van der Waals surface area contributed by atoms with E-state index in [0.29, 0.717) is 18.9 Å². The van der Waals surface area contributed by atoms with Crippen molar-refractivity contribution in [2.75, 3.05) is 26.7 Å². The number of carbonyl (C=O) groups excluding carboxylic acids is 1. The first-order valence-corrected chi connectivity index (χ1v) is 9.51. The Labute approximate surface area is 152 Å². The molecule has 1 aromatic rings. The van der Waals surface area contributed by atoms with Crippen LogP contribution in [-0.4, -0.2) is 53.5 Å². The number of β-amino-alcohol motifs (C(OH)–C–C–N with tert-alkyl or cyclic N) is 1. The molecular weight excluding hydrogens is 312 g/mol. The summed E-state index contributed by atoms with van der Waals surface area (Å²) < 4.78 is 0. The van der Waals surface area contributed by atoms with E-state index in [0.717, 1.165) is 37.1 Å². The predicted octanol–water partition coefficient (Wildman–Crippen LogP) is 3.31. The molecule has 1 aliphatic rings. The van der Waals surface area contributed by atoms with Gasteiger partial charge in [-0.25, -0.2) is 0 Å². The topological polar surface area (TPSA) is 43.8 Å². The summed E-state index contributed by atoms with van der Waals surface area (Å²) >= 11 is 0. The van der Waals surface area contributed by atoms with E-state index in [1.54, 1.807) is 0 Å². The Morgan fingerprint density at radius 2 is 1.92 bits per heavy atom. The van der Waals surface area contributed by atoms with Gasteiger partial charge in [-0.1, -0.05) is 23.8 Å². The van der Waals surface area contributed by atoms with Gasteiger partial charge in [-0.3, -0.25) is 4.79 Å². The minimum atomic E-state index is -0.440. The Morgan fingerprint density at radius 1 is 1.28 bits per heavy atom. The molecule has 4 nitrogen and oxygen atoms in total. The molecule has 0 radical (unpaired) electrons. The summed E-state index contributed by atoms with van der Waals surface area (Å²) in [4.78, 5) is 16.4. The van der Waals surface area contributed by atoms with Crippen LogP contribution in [0.5, 0.6) is 0 Å². The zero-order valence-electron chi connectivity index (χ0n) is 16.5. The Bertz CT molecular complexity index is 577. The molecule has 4 heteroatoms. The standard InChI is InChI=1S/C21H34N2O2/c1-15(2)22(5)21(25)13-18-8-10-23(11-9-18)14-20(24)19-12-16(3)6-7-17(19)4/h6-7,12,15,18,20,24H,8-11,13-14H2,1-5H3/t20-/m0/s1. The molecule has 140 valence electrons. The highest BCUT2D eigenvalue weighted by Crippen LogP contribution is 2.25. The number of nitrogens with zero attached hydrogens (tertiary/aromatic N) is 2. The lowest BCUT2D eigenvalue weighted by atomic mass is 9.92. The van der Waals surface area contributed by atoms with Gasteiger partial charge in [0.15, 0.2) is 0 Å². The molecular formula is C21H34N2O2. The van der Waals surface area contributed by atoms with Crippen LogP contribution in [0, 0.1) is 19.8 Å². The first-order valence-electron chi connectivity index (χ1n) is 9.51. The van der Waals surface area contributed by atoms with Crippen molar-refractivity contribution >= 4 is 5.91 Å². The molecule has 0 aliphatic carbocycles. The smallest absolute Gasteiger partial charge is 0.222 e. The van der Waals surface area contributed by atoms with Gasteiger partial charge >= 0.3 is 0 Å². The fraction of sp³-hybridized carbons (Fsp3) is 0.667. The molecule has 1 aliphatic heterocycles. The molecule has 1 aromatic carbocycles. The number of aryl methyl sites for hydroxylation is 2. The molecule has 0 aromatic heterocycles. The highest BCUT2D eigenvalue weighted by Gasteiger charge is 2.25. The van der Waals surface area contributed by atoms with E-state index in [1.807, 2.05) is 11.9 Å². The molecule has 0 bridgehead atoms. The molecule has 1 fully saturated rings. The van der Waals surface area contributed by atoms with Crippen LogP contribution in [0.4, 0.5) is 0 Å². The van der Waals surface area contributed by atoms with Crippen LogP contribution in [0.15, 0.2) is 18.2 Å². The van der Waals surface area contributed by atoms with Gasteiger partial charge in [0.05, 0.1) is 6.10 Å². The number of aliphatic hydroxyl groups is 1. The molecule has 1 atom stereocenters. The molecule has 0 saturated carbocycles. The average Bonchev–Trinajstić information content (AvgIpc) is 2.57. The number of rotatable bonds is 6. The second kappa shape index (κ2) is 8.81. The SMILES string of the molecule is Cc1ccc(C)c([C@@H](O)CN2CCC(CC(=O)N(C)C(C)C)CC2)c1. The van der Waals surface area contributed by atoms with Gasteiger partial charge in [-0.05, 0) is 70.7 Å². The van der Waals surface area contributed by atoms with Gasteiger partial charge in [0.25, 0.3) is 0 Å². The molecule has 1 saturated heterocycles. The number of likely N-dealkylation sites (tertiary alicyclic amines) is 1. The van der Waals surface area contributed by atoms with Crippen molar-refractivity contribution in [2.45, 2.75) is 59.1 Å². The normalized spacial score (nSPS) is 17.7. The lowest BCUT2D eigenvalue weighted by molar-refractivity contribution is -0.132. The van der Waals surface area contributed by atoms with E-state index >= 15 is 0 Å². The van der Waals surface area contributed by atoms with Gasteiger partial charge in [-0.2, -0.15) is 0 Å². The molecule has 1 amide bonds. The van der Waals surface area contributed by atoms with E-state index < -0.39 is 6.10 Å². The summed E-state index contributed by atoms with van der Waals surface area (Å²) in [7, 11) is 1.89. The summed E-state index contributed by atoms with van der Waals surface area (Å²) in [5, 5.41) is 10.6. The molecule has 0 spiro atoms. The Hall–Kier alpha value is -1.39. The molecule has 25 heavy (non-hydrogen) atoms. The van der Waals surface area contributed by atoms with Crippen LogP contribution in [0.2, 0.25) is 0 Å². The lowest BCUT2D eigenvalue weighted by Gasteiger charge is -2.34. The highest BCUT2D eigenvalue weighted by molar-refractivity contribution is 5.76. The van der Waals surface area contributed by atoms with Crippen LogP contribution in [0.3, 0.4) is 0 Å². The maximum Gasteiger partial charge on any atom is 0.222 e. The maximum atomic E-state index is 12.2. The van der Waals surface area contributed by atoms with Crippen LogP contribution in [-0.2, 0) is 4.79 Å². The van der Waals surface area contributed by atoms with Crippen LogP contribution >= 0.6 is 0 Å². The summed E-state index contributed by atoms with van der Waals surface area (Å²) in [5.41, 5.74) is 3.37. The molecule has 1 heterocycles. The van der Waals surface area contributed by atoms with E-state index in [-0.39, 0.29) is 11.9 Å². The van der Waals surface area contributed by atoms with Crippen LogP contribution in [0.1, 0.15) is 55.9 Å². The lowest BCUT2D eigenvalue weighted by Crippen LogP contribution is -2.39. The predicted molar refractivity (Wildman–Crippen MR) is 103 cm³/mol. The summed E-state index contributed by atoms with van der Waals surface area (Å²) in [6.45, 7) is 10.8. The van der Waals surface area contributed by atoms with E-state index in [2.05, 4.69) is 50.8 Å². The maximum absolute atomic E-state index is 12.2. The third kappa shape index (κ3) is 5.55. The van der Waals surface area contributed by atoms with Crippen molar-refractivity contribution in [3.05, 3.63) is 34.9 Å². The molecule has 2 rings (SSSR count). The van der Waals surface area contributed by atoms with E-state index in [9.17, 15) is 9.90 Å². The second-order valence-electron chi connectivity index (χ2n) is 7.92. The monoisotopic (exact) mass is 346 g/mol. The van der Waals surface area contributed by atoms with Gasteiger partial charge in [-0.15, -0.1) is 0 Å². The largest absolute Gasteiger partial charge is 0.387 e. The Kier molecular flexibility index (Phi) is 7.03. The number of piperidine rings is 1. The first-order chi connectivity index (χ1) is 11.8. The van der Waals surface area contributed by atoms with Crippen molar-refractivity contribution in [3.8, 4) is 0 Å². The third-order valence-corrected chi connectivity index (χ3v) is 5.56. The zero-order chi connectivity index (χ0) is 18.6. The van der Waals surface area contributed by atoms with Crippen molar-refractivity contribution in [3.63, 3.8) is 0 Å². The Balaban J connectivity index is 1.82. The van der Waals surface area contributed by atoms with Gasteiger partial charge < -0.3 is 14.9 Å². The first kappa shape index (κ1) is 19.9. The minimum Gasteiger partial charge on any atom is -0.387 e. The fourth-order valence-electron chi connectivity index (χ4n) is 3.51. The van der Waals surface area contributed by atoms with Crippen molar-refractivity contribution in [2.24, 2.45) is 5.92 Å². The van der Waals surface area contributed by atoms with Crippen molar-refractivity contribution < 1.29 is 9.90 Å². The van der Waals surface area contributed by atoms with Gasteiger partial charge in [0.2, 0.25) is 5.91 Å². The van der Waals surface area contributed by atoms with Gasteiger partial charge in [0.1, 0.15) is 0 Å². The number of carbonyl (C=O) groups is 1. The van der Waals surface area contributed by atoms with Crippen LogP contribution < -0.4 is 0 Å².